The van der Waals surface area contributed by atoms with Gasteiger partial charge >= 0.3 is 0 Å². The third kappa shape index (κ3) is 5.07. The van der Waals surface area contributed by atoms with Crippen LogP contribution in [-0.2, 0) is 21.4 Å². The van der Waals surface area contributed by atoms with Gasteiger partial charge in [0.2, 0.25) is 11.8 Å². The molecule has 0 saturated heterocycles. The van der Waals surface area contributed by atoms with Gasteiger partial charge in [0.15, 0.2) is 0 Å². The van der Waals surface area contributed by atoms with Crippen LogP contribution in [-0.4, -0.2) is 35.3 Å². The Kier molecular flexibility index (Phi) is 6.77. The molecule has 4 aromatic rings. The number of carbonyl (C=O) groups excluding carboxylic acids is 2. The maximum atomic E-state index is 13.7. The molecule has 33 heavy (non-hydrogen) atoms. The van der Waals surface area contributed by atoms with Crippen LogP contribution < -0.4 is 5.32 Å². The molecule has 1 unspecified atom stereocenters. The van der Waals surface area contributed by atoms with Gasteiger partial charge < -0.3 is 10.2 Å². The maximum absolute atomic E-state index is 13.7. The van der Waals surface area contributed by atoms with Crippen molar-refractivity contribution in [1.29, 1.82) is 0 Å². The number of rotatable bonds is 7. The lowest BCUT2D eigenvalue weighted by molar-refractivity contribution is -0.138. The van der Waals surface area contributed by atoms with Crippen LogP contribution in [0, 0.1) is 0 Å². The second kappa shape index (κ2) is 9.73. The molecule has 0 spiro atoms. The fourth-order valence-electron chi connectivity index (χ4n) is 3.87. The van der Waals surface area contributed by atoms with Gasteiger partial charge in [0.05, 0.1) is 37.9 Å². The number of anilines is 1. The molecule has 0 bridgehead atoms. The zero-order valence-corrected chi connectivity index (χ0v) is 20.0. The lowest BCUT2D eigenvalue weighted by atomic mass is 9.78. The van der Waals surface area contributed by atoms with Crippen molar-refractivity contribution in [3.8, 4) is 0 Å². The number of likely N-dealkylation sites (N-methyl/N-ethyl adjacent to an activating group) is 1. The zero-order valence-electron chi connectivity index (χ0n) is 18.4. The first-order chi connectivity index (χ1) is 15.9. The van der Waals surface area contributed by atoms with E-state index in [1.807, 2.05) is 61.5 Å². The van der Waals surface area contributed by atoms with Crippen LogP contribution in [0.5, 0.6) is 0 Å². The number of para-hydroxylation sites is 2. The molecule has 0 radical (unpaired) electrons. The fourth-order valence-corrected chi connectivity index (χ4v) is 5.17. The predicted molar refractivity (Wildman–Crippen MR) is 135 cm³/mol. The molecule has 5 nitrogen and oxygen atoms in total. The van der Waals surface area contributed by atoms with Crippen LogP contribution >= 0.6 is 22.9 Å². The number of thiazole rings is 1. The summed E-state index contributed by atoms with van der Waals surface area (Å²) >= 11 is 7.73. The summed E-state index contributed by atoms with van der Waals surface area (Å²) in [7, 11) is 1.65. The molecule has 0 saturated carbocycles. The van der Waals surface area contributed by atoms with E-state index in [1.165, 1.54) is 4.90 Å². The molecule has 1 N–H and O–H groups in total. The number of hydrogen-bond donors (Lipinski definition) is 1. The Labute approximate surface area is 202 Å². The topological polar surface area (TPSA) is 62.3 Å². The summed E-state index contributed by atoms with van der Waals surface area (Å²) in [5.41, 5.74) is 1.44. The Morgan fingerprint density at radius 2 is 1.67 bits per heavy atom. The Morgan fingerprint density at radius 3 is 2.39 bits per heavy atom. The van der Waals surface area contributed by atoms with Gasteiger partial charge in [-0.25, -0.2) is 4.98 Å². The van der Waals surface area contributed by atoms with E-state index in [2.05, 4.69) is 5.32 Å². The van der Waals surface area contributed by atoms with Crippen molar-refractivity contribution in [3.63, 3.8) is 0 Å². The number of hydrogen-bond acceptors (Lipinski definition) is 4. The number of fused-ring (bicyclic) bond motifs is 1. The second-order valence-electron chi connectivity index (χ2n) is 8.14. The number of amides is 2. The van der Waals surface area contributed by atoms with Crippen molar-refractivity contribution >= 4 is 50.7 Å². The molecule has 0 aliphatic carbocycles. The Hall–Kier alpha value is -3.22. The van der Waals surface area contributed by atoms with Crippen molar-refractivity contribution < 1.29 is 9.59 Å². The minimum Gasteiger partial charge on any atom is -0.336 e. The highest BCUT2D eigenvalue weighted by atomic mass is 35.5. The maximum Gasteiger partial charge on any atom is 0.244 e. The predicted octanol–water partition coefficient (Wildman–Crippen LogP) is 5.55. The van der Waals surface area contributed by atoms with Crippen molar-refractivity contribution in [2.75, 3.05) is 18.9 Å². The molecule has 0 aliphatic heterocycles. The summed E-state index contributed by atoms with van der Waals surface area (Å²) in [6.45, 7) is 1.82. The third-order valence-electron chi connectivity index (χ3n) is 5.60. The average Bonchev–Trinajstić information content (AvgIpc) is 3.22. The number of aromatic nitrogens is 1. The van der Waals surface area contributed by atoms with Crippen molar-refractivity contribution in [2.45, 2.75) is 18.8 Å². The Bertz CT molecular complexity index is 1260. The van der Waals surface area contributed by atoms with Gasteiger partial charge in [-0.1, -0.05) is 66.2 Å². The standard InChI is InChI=1S/C26H24ClN3O2S/c1-26(18-10-4-3-5-11-18,16-24-29-21-14-8-9-15-22(21)33-24)25(32)30(2)17-23(31)28-20-13-7-6-12-19(20)27/h3-15H,16-17H2,1-2H3,(H,28,31). The molecule has 4 rings (SSSR count). The highest BCUT2D eigenvalue weighted by Gasteiger charge is 2.39. The van der Waals surface area contributed by atoms with Crippen molar-refractivity contribution in [2.24, 2.45) is 0 Å². The van der Waals surface area contributed by atoms with E-state index in [9.17, 15) is 9.59 Å². The summed E-state index contributed by atoms with van der Waals surface area (Å²) < 4.78 is 1.09. The number of benzene rings is 3. The van der Waals surface area contributed by atoms with E-state index >= 15 is 0 Å². The first kappa shape index (κ1) is 23.0. The molecule has 0 aliphatic rings. The quantitative estimate of drug-likeness (QED) is 0.379. The smallest absolute Gasteiger partial charge is 0.244 e. The van der Waals surface area contributed by atoms with E-state index in [1.54, 1.807) is 42.6 Å². The largest absolute Gasteiger partial charge is 0.336 e. The fraction of sp³-hybridized carbons (Fsp3) is 0.192. The molecule has 2 amide bonds. The third-order valence-corrected chi connectivity index (χ3v) is 6.97. The van der Waals surface area contributed by atoms with E-state index in [0.717, 1.165) is 20.8 Å². The molecule has 1 heterocycles. The van der Waals surface area contributed by atoms with Gasteiger partial charge in [0.25, 0.3) is 0 Å². The summed E-state index contributed by atoms with van der Waals surface area (Å²) in [6.07, 6.45) is 0.436. The summed E-state index contributed by atoms with van der Waals surface area (Å²) in [5.74, 6) is -0.461. The molecule has 7 heteroatoms. The minimum absolute atomic E-state index is 0.0909. The normalized spacial score (nSPS) is 12.8. The van der Waals surface area contributed by atoms with Gasteiger partial charge in [-0.2, -0.15) is 0 Å². The molecule has 0 fully saturated rings. The SMILES string of the molecule is CN(CC(=O)Nc1ccccc1Cl)C(=O)C(C)(Cc1nc2ccccc2s1)c1ccccc1. The molecule has 1 atom stereocenters. The number of nitrogens with zero attached hydrogens (tertiary/aromatic N) is 2. The highest BCUT2D eigenvalue weighted by Crippen LogP contribution is 2.33. The highest BCUT2D eigenvalue weighted by molar-refractivity contribution is 7.18. The molecular weight excluding hydrogens is 454 g/mol. The minimum atomic E-state index is -0.880. The first-order valence-electron chi connectivity index (χ1n) is 10.6. The summed E-state index contributed by atoms with van der Waals surface area (Å²) in [5, 5.41) is 4.11. The van der Waals surface area contributed by atoms with Gasteiger partial charge in [-0.15, -0.1) is 11.3 Å². The lowest BCUT2D eigenvalue weighted by Crippen LogP contribution is -2.47. The zero-order chi connectivity index (χ0) is 23.4. The molecule has 1 aromatic heterocycles. The van der Waals surface area contributed by atoms with Crippen LogP contribution in [0.1, 0.15) is 17.5 Å². The average molecular weight is 478 g/mol. The van der Waals surface area contributed by atoms with Crippen LogP contribution in [0.25, 0.3) is 10.2 Å². The lowest BCUT2D eigenvalue weighted by Gasteiger charge is -2.32. The summed E-state index contributed by atoms with van der Waals surface area (Å²) in [4.78, 5) is 32.6. The van der Waals surface area contributed by atoms with E-state index in [-0.39, 0.29) is 18.4 Å². The molecular formula is C26H24ClN3O2S. The molecule has 168 valence electrons. The van der Waals surface area contributed by atoms with Gasteiger partial charge in [-0.3, -0.25) is 9.59 Å². The van der Waals surface area contributed by atoms with E-state index < -0.39 is 5.41 Å². The van der Waals surface area contributed by atoms with Crippen molar-refractivity contribution in [3.05, 3.63) is 94.5 Å². The number of carbonyl (C=O) groups is 2. The van der Waals surface area contributed by atoms with Crippen LogP contribution in [0.4, 0.5) is 5.69 Å². The monoisotopic (exact) mass is 477 g/mol. The van der Waals surface area contributed by atoms with E-state index in [4.69, 9.17) is 16.6 Å². The Balaban J connectivity index is 1.57. The Morgan fingerprint density at radius 1 is 1.00 bits per heavy atom. The van der Waals surface area contributed by atoms with Crippen molar-refractivity contribution in [1.82, 2.24) is 9.88 Å². The number of nitrogens with one attached hydrogen (secondary N) is 1. The van der Waals surface area contributed by atoms with Crippen LogP contribution in [0.2, 0.25) is 5.02 Å². The van der Waals surface area contributed by atoms with Crippen LogP contribution in [0.3, 0.4) is 0 Å². The van der Waals surface area contributed by atoms with Crippen LogP contribution in [0.15, 0.2) is 78.9 Å². The summed E-state index contributed by atoms with van der Waals surface area (Å²) in [6, 6.07) is 24.6. The second-order valence-corrected chi connectivity index (χ2v) is 9.66. The van der Waals surface area contributed by atoms with E-state index in [0.29, 0.717) is 17.1 Å². The van der Waals surface area contributed by atoms with Gasteiger partial charge in [0, 0.05) is 13.5 Å². The van der Waals surface area contributed by atoms with Gasteiger partial charge in [0.1, 0.15) is 0 Å². The van der Waals surface area contributed by atoms with Gasteiger partial charge in [-0.05, 0) is 36.8 Å². The number of halogens is 1. The first-order valence-corrected chi connectivity index (χ1v) is 11.8. The molecule has 3 aromatic carbocycles.